The average Bonchev–Trinajstić information content (AvgIpc) is 3.01. The number of hydrogen-bond donors (Lipinski definition) is 0. The van der Waals surface area contributed by atoms with Gasteiger partial charge < -0.3 is 0 Å². The van der Waals surface area contributed by atoms with Crippen LogP contribution in [0.15, 0.2) is 72.3 Å². The summed E-state index contributed by atoms with van der Waals surface area (Å²) in [6.45, 7) is 8.83. The van der Waals surface area contributed by atoms with Crippen molar-refractivity contribution in [1.29, 1.82) is 0 Å². The molecular weight excluding hydrogens is 328 g/mol. The molecule has 2 aliphatic rings. The number of hydrogen-bond acceptors (Lipinski definition) is 1. The predicted molar refractivity (Wildman–Crippen MR) is 113 cm³/mol. The van der Waals surface area contributed by atoms with Crippen LogP contribution >= 0.6 is 0 Å². The highest BCUT2D eigenvalue weighted by Crippen LogP contribution is 2.51. The molecule has 0 fully saturated rings. The Morgan fingerprint density at radius 1 is 0.926 bits per heavy atom. The summed E-state index contributed by atoms with van der Waals surface area (Å²) in [5, 5.41) is 0. The number of allylic oxidation sites excluding steroid dienone is 4. The highest BCUT2D eigenvalue weighted by atomic mass is 16.1. The third-order valence-corrected chi connectivity index (χ3v) is 6.53. The minimum Gasteiger partial charge on any atom is -0.298 e. The van der Waals surface area contributed by atoms with Crippen LogP contribution < -0.4 is 0 Å². The molecule has 0 aromatic heterocycles. The van der Waals surface area contributed by atoms with Crippen LogP contribution in [0.3, 0.4) is 0 Å². The summed E-state index contributed by atoms with van der Waals surface area (Å²) in [7, 11) is 0. The van der Waals surface area contributed by atoms with Crippen molar-refractivity contribution in [3.63, 3.8) is 0 Å². The van der Waals surface area contributed by atoms with Crippen LogP contribution in [-0.4, -0.2) is 5.78 Å². The Balaban J connectivity index is 1.84. The summed E-state index contributed by atoms with van der Waals surface area (Å²) < 4.78 is 0. The minimum absolute atomic E-state index is 0.170. The molecule has 0 heterocycles. The van der Waals surface area contributed by atoms with Crippen LogP contribution in [0.1, 0.15) is 51.2 Å². The van der Waals surface area contributed by atoms with Gasteiger partial charge in [-0.15, -0.1) is 0 Å². The zero-order valence-electron chi connectivity index (χ0n) is 16.7. The fraction of sp³-hybridized carbons (Fsp3) is 0.346. The Morgan fingerprint density at radius 3 is 2.00 bits per heavy atom. The van der Waals surface area contributed by atoms with E-state index in [9.17, 15) is 4.79 Å². The number of ketones is 1. The molecule has 0 saturated heterocycles. The van der Waals surface area contributed by atoms with E-state index in [1.807, 2.05) is 0 Å². The van der Waals surface area contributed by atoms with Crippen molar-refractivity contribution in [2.24, 2.45) is 17.3 Å². The second-order valence-corrected chi connectivity index (χ2v) is 8.60. The normalized spacial score (nSPS) is 21.3. The smallest absolute Gasteiger partial charge is 0.155 e. The predicted octanol–water partition coefficient (Wildman–Crippen LogP) is 6.55. The van der Waals surface area contributed by atoms with Gasteiger partial charge in [0, 0.05) is 0 Å². The zero-order chi connectivity index (χ0) is 19.2. The lowest BCUT2D eigenvalue weighted by Crippen LogP contribution is -2.39. The number of carbonyl (C=O) groups excluding carboxylic acids is 1. The van der Waals surface area contributed by atoms with E-state index >= 15 is 0 Å². The molecule has 0 N–H and O–H groups in total. The lowest BCUT2D eigenvalue weighted by Gasteiger charge is -2.39. The minimum atomic E-state index is -0.441. The Kier molecular flexibility index (Phi) is 4.42. The quantitative estimate of drug-likeness (QED) is 0.607. The van der Waals surface area contributed by atoms with Crippen LogP contribution in [0, 0.1) is 17.3 Å². The molecule has 0 amide bonds. The highest BCUT2D eigenvalue weighted by Gasteiger charge is 2.47. The van der Waals surface area contributed by atoms with Gasteiger partial charge in [0.15, 0.2) is 5.78 Å². The summed E-state index contributed by atoms with van der Waals surface area (Å²) in [5.41, 5.74) is 5.69. The number of rotatable bonds is 4. The molecule has 2 aromatic rings. The lowest BCUT2D eigenvalue weighted by atomic mass is 9.62. The SMILES string of the molecule is CC(C)C1=CC=CC(C(=O)C2c3ccccc3-c3ccccc32)(C(C)C)C1. The van der Waals surface area contributed by atoms with Crippen molar-refractivity contribution < 1.29 is 4.79 Å². The van der Waals surface area contributed by atoms with E-state index in [-0.39, 0.29) is 11.8 Å². The summed E-state index contributed by atoms with van der Waals surface area (Å²) in [4.78, 5) is 14.2. The van der Waals surface area contributed by atoms with Crippen molar-refractivity contribution in [3.05, 3.63) is 83.5 Å². The monoisotopic (exact) mass is 356 g/mol. The summed E-state index contributed by atoms with van der Waals surface area (Å²) in [6.07, 6.45) is 7.33. The maximum absolute atomic E-state index is 14.2. The molecule has 1 heteroatoms. The largest absolute Gasteiger partial charge is 0.298 e. The van der Waals surface area contributed by atoms with Gasteiger partial charge >= 0.3 is 0 Å². The molecule has 2 aromatic carbocycles. The standard InChI is InChI=1S/C26H28O/c1-17(2)19-10-9-15-26(16-19,18(3)4)25(27)24-22-13-7-5-11-20(22)21-12-6-8-14-23(21)24/h5-15,17-18,24H,16H2,1-4H3. The second-order valence-electron chi connectivity index (χ2n) is 8.60. The van der Waals surface area contributed by atoms with Crippen molar-refractivity contribution in [1.82, 2.24) is 0 Å². The molecule has 0 aliphatic heterocycles. The number of carbonyl (C=O) groups is 1. The van der Waals surface area contributed by atoms with E-state index in [1.54, 1.807) is 0 Å². The van der Waals surface area contributed by atoms with Gasteiger partial charge in [-0.3, -0.25) is 4.79 Å². The Bertz CT molecular complexity index is 899. The van der Waals surface area contributed by atoms with E-state index in [2.05, 4.69) is 94.5 Å². The maximum atomic E-state index is 14.2. The van der Waals surface area contributed by atoms with Gasteiger partial charge in [0.05, 0.1) is 11.3 Å². The summed E-state index contributed by atoms with van der Waals surface area (Å²) >= 11 is 0. The van der Waals surface area contributed by atoms with Gasteiger partial charge in [-0.25, -0.2) is 0 Å². The number of benzene rings is 2. The number of Topliss-reactive ketones (excluding diaryl/α,β-unsaturated/α-hetero) is 1. The van der Waals surface area contributed by atoms with Crippen molar-refractivity contribution in [3.8, 4) is 11.1 Å². The summed E-state index contributed by atoms with van der Waals surface area (Å²) in [6, 6.07) is 16.8. The maximum Gasteiger partial charge on any atom is 0.155 e. The first-order valence-electron chi connectivity index (χ1n) is 10.1. The average molecular weight is 357 g/mol. The van der Waals surface area contributed by atoms with Gasteiger partial charge in [0.25, 0.3) is 0 Å². The molecule has 138 valence electrons. The first-order valence-corrected chi connectivity index (χ1v) is 10.1. The van der Waals surface area contributed by atoms with Gasteiger partial charge in [-0.1, -0.05) is 100 Å². The second kappa shape index (κ2) is 6.64. The molecule has 27 heavy (non-hydrogen) atoms. The Labute approximate surface area is 162 Å². The van der Waals surface area contributed by atoms with E-state index in [1.165, 1.54) is 16.7 Å². The lowest BCUT2D eigenvalue weighted by molar-refractivity contribution is -0.129. The topological polar surface area (TPSA) is 17.1 Å². The first kappa shape index (κ1) is 18.0. The fourth-order valence-electron chi connectivity index (χ4n) is 4.75. The molecule has 0 bridgehead atoms. The van der Waals surface area contributed by atoms with Gasteiger partial charge in [0.1, 0.15) is 0 Å². The first-order chi connectivity index (χ1) is 13.0. The molecule has 2 aliphatic carbocycles. The van der Waals surface area contributed by atoms with Crippen molar-refractivity contribution in [2.75, 3.05) is 0 Å². The van der Waals surface area contributed by atoms with Crippen molar-refractivity contribution >= 4 is 5.78 Å². The highest BCUT2D eigenvalue weighted by molar-refractivity contribution is 6.01. The molecule has 0 radical (unpaired) electrons. The molecule has 1 nitrogen and oxygen atoms in total. The van der Waals surface area contributed by atoms with Crippen molar-refractivity contribution in [2.45, 2.75) is 40.0 Å². The zero-order valence-corrected chi connectivity index (χ0v) is 16.7. The van der Waals surface area contributed by atoms with Crippen LogP contribution in [0.2, 0.25) is 0 Å². The Morgan fingerprint density at radius 2 is 1.48 bits per heavy atom. The van der Waals surface area contributed by atoms with E-state index in [0.717, 1.165) is 17.5 Å². The van der Waals surface area contributed by atoms with Gasteiger partial charge in [-0.2, -0.15) is 0 Å². The molecule has 4 rings (SSSR count). The third kappa shape index (κ3) is 2.72. The van der Waals surface area contributed by atoms with Crippen LogP contribution in [-0.2, 0) is 4.79 Å². The van der Waals surface area contributed by atoms with E-state index in [0.29, 0.717) is 11.7 Å². The molecule has 0 saturated carbocycles. The molecular formula is C26H28O. The van der Waals surface area contributed by atoms with E-state index in [4.69, 9.17) is 0 Å². The third-order valence-electron chi connectivity index (χ3n) is 6.53. The number of fused-ring (bicyclic) bond motifs is 3. The van der Waals surface area contributed by atoms with E-state index < -0.39 is 5.41 Å². The van der Waals surface area contributed by atoms with Gasteiger partial charge in [0.2, 0.25) is 0 Å². The van der Waals surface area contributed by atoms with Crippen LogP contribution in [0.25, 0.3) is 11.1 Å². The van der Waals surface area contributed by atoms with Gasteiger partial charge in [-0.05, 0) is 40.5 Å². The molecule has 0 spiro atoms. The van der Waals surface area contributed by atoms with Crippen LogP contribution in [0.4, 0.5) is 0 Å². The molecule has 1 unspecified atom stereocenters. The fourth-order valence-corrected chi connectivity index (χ4v) is 4.75. The van der Waals surface area contributed by atoms with Crippen LogP contribution in [0.5, 0.6) is 0 Å². The Hall–Kier alpha value is -2.41. The summed E-state index contributed by atoms with van der Waals surface area (Å²) in [5.74, 6) is 0.890. The molecule has 1 atom stereocenters.